The van der Waals surface area contributed by atoms with Crippen LogP contribution in [0.25, 0.3) is 0 Å². The fourth-order valence-electron chi connectivity index (χ4n) is 1.96. The molecule has 1 aromatic carbocycles. The van der Waals surface area contributed by atoms with E-state index in [1.54, 1.807) is 19.9 Å². The van der Waals surface area contributed by atoms with Crippen molar-refractivity contribution in [2.45, 2.75) is 38.1 Å². The third kappa shape index (κ3) is 2.82. The number of carboxylic acid groups (broad SMARTS) is 1. The number of hydrogen-bond donors (Lipinski definition) is 1. The third-order valence-corrected chi connectivity index (χ3v) is 5.92. The van der Waals surface area contributed by atoms with Crippen LogP contribution in [0.5, 0.6) is 0 Å². The van der Waals surface area contributed by atoms with Crippen molar-refractivity contribution in [1.29, 1.82) is 0 Å². The quantitative estimate of drug-likeness (QED) is 0.905. The number of carbonyl (C=O) groups is 1. The largest absolute Gasteiger partial charge is 0.480 e. The van der Waals surface area contributed by atoms with Crippen molar-refractivity contribution < 1.29 is 18.3 Å². The van der Waals surface area contributed by atoms with Gasteiger partial charge in [0, 0.05) is 11.6 Å². The molecule has 0 aliphatic heterocycles. The van der Waals surface area contributed by atoms with Crippen LogP contribution < -0.4 is 0 Å². The lowest BCUT2D eigenvalue weighted by Gasteiger charge is -2.33. The maximum Gasteiger partial charge on any atom is 0.324 e. The summed E-state index contributed by atoms with van der Waals surface area (Å²) in [7, 11) is -3.94. The Hall–Kier alpha value is -1.11. The molecule has 0 saturated carbocycles. The molecular formula is C13H18ClNO4S. The summed E-state index contributed by atoms with van der Waals surface area (Å²) in [5.41, 5.74) is -1.13. The number of aliphatic carboxylic acids is 1. The normalized spacial score (nSPS) is 12.7. The van der Waals surface area contributed by atoms with Gasteiger partial charge in [0.25, 0.3) is 0 Å². The highest BCUT2D eigenvalue weighted by Crippen LogP contribution is 2.29. The van der Waals surface area contributed by atoms with Crippen LogP contribution in [-0.4, -0.2) is 35.9 Å². The maximum atomic E-state index is 12.7. The minimum absolute atomic E-state index is 0.0289. The van der Waals surface area contributed by atoms with Crippen molar-refractivity contribution in [2.24, 2.45) is 0 Å². The second-order valence-corrected chi connectivity index (χ2v) is 7.13. The van der Waals surface area contributed by atoms with E-state index in [1.807, 2.05) is 0 Å². The van der Waals surface area contributed by atoms with Crippen LogP contribution in [0.1, 0.15) is 26.3 Å². The summed E-state index contributed by atoms with van der Waals surface area (Å²) in [6.07, 6.45) is 0. The number of hydrogen-bond acceptors (Lipinski definition) is 3. The number of benzene rings is 1. The highest BCUT2D eigenvalue weighted by molar-refractivity contribution is 7.89. The van der Waals surface area contributed by atoms with E-state index in [4.69, 9.17) is 11.6 Å². The van der Waals surface area contributed by atoms with Crippen molar-refractivity contribution in [3.8, 4) is 0 Å². The van der Waals surface area contributed by atoms with Crippen molar-refractivity contribution >= 4 is 27.6 Å². The first-order valence-corrected chi connectivity index (χ1v) is 7.90. The van der Waals surface area contributed by atoms with Crippen molar-refractivity contribution in [3.05, 3.63) is 28.8 Å². The highest BCUT2D eigenvalue weighted by atomic mass is 35.5. The van der Waals surface area contributed by atoms with Gasteiger partial charge in [0.15, 0.2) is 0 Å². The zero-order chi connectivity index (χ0) is 15.7. The van der Waals surface area contributed by atoms with E-state index in [2.05, 4.69) is 0 Å². The van der Waals surface area contributed by atoms with Gasteiger partial charge in [-0.05, 0) is 38.5 Å². The smallest absolute Gasteiger partial charge is 0.324 e. The molecule has 0 amide bonds. The van der Waals surface area contributed by atoms with Crippen LogP contribution in [0, 0.1) is 6.92 Å². The van der Waals surface area contributed by atoms with Crippen LogP contribution in [0.4, 0.5) is 0 Å². The molecule has 0 saturated heterocycles. The zero-order valence-electron chi connectivity index (χ0n) is 11.8. The molecule has 0 radical (unpaired) electrons. The van der Waals surface area contributed by atoms with Gasteiger partial charge in [-0.3, -0.25) is 4.79 Å². The summed E-state index contributed by atoms with van der Waals surface area (Å²) in [5.74, 6) is -1.21. The molecule has 0 bridgehead atoms. The molecular weight excluding hydrogens is 302 g/mol. The number of carboxylic acids is 1. The van der Waals surface area contributed by atoms with E-state index in [0.29, 0.717) is 10.6 Å². The SMILES string of the molecule is CCN(C(C)(C)C(=O)O)S(=O)(=O)c1cccc(Cl)c1C. The van der Waals surface area contributed by atoms with Gasteiger partial charge in [0.05, 0.1) is 4.90 Å². The molecule has 0 atom stereocenters. The molecule has 20 heavy (non-hydrogen) atoms. The number of sulfonamides is 1. The molecule has 1 N–H and O–H groups in total. The van der Waals surface area contributed by atoms with Gasteiger partial charge in [-0.2, -0.15) is 4.31 Å². The van der Waals surface area contributed by atoms with Crippen LogP contribution in [0.3, 0.4) is 0 Å². The molecule has 0 heterocycles. The Bertz CT molecular complexity index is 625. The Kier molecular flexibility index (Phi) is 4.84. The fraction of sp³-hybridized carbons (Fsp3) is 0.462. The summed E-state index contributed by atoms with van der Waals surface area (Å²) < 4.78 is 26.3. The lowest BCUT2D eigenvalue weighted by Crippen LogP contribution is -2.52. The number of likely N-dealkylation sites (N-methyl/N-ethyl adjacent to an activating group) is 1. The van der Waals surface area contributed by atoms with E-state index in [0.717, 1.165) is 4.31 Å². The molecule has 7 heteroatoms. The average molecular weight is 320 g/mol. The van der Waals surface area contributed by atoms with E-state index in [1.165, 1.54) is 26.0 Å². The van der Waals surface area contributed by atoms with Gasteiger partial charge >= 0.3 is 5.97 Å². The molecule has 0 spiro atoms. The lowest BCUT2D eigenvalue weighted by atomic mass is 10.1. The van der Waals surface area contributed by atoms with Crippen molar-refractivity contribution in [3.63, 3.8) is 0 Å². The van der Waals surface area contributed by atoms with Gasteiger partial charge in [-0.1, -0.05) is 24.6 Å². The van der Waals surface area contributed by atoms with Gasteiger partial charge < -0.3 is 5.11 Å². The Morgan fingerprint density at radius 3 is 2.40 bits per heavy atom. The van der Waals surface area contributed by atoms with E-state index >= 15 is 0 Å². The first-order chi connectivity index (χ1) is 9.06. The molecule has 112 valence electrons. The first kappa shape index (κ1) is 16.9. The number of nitrogens with zero attached hydrogens (tertiary/aromatic N) is 1. The predicted octanol–water partition coefficient (Wildman–Crippen LogP) is 2.52. The molecule has 0 aromatic heterocycles. The highest BCUT2D eigenvalue weighted by Gasteiger charge is 2.42. The number of rotatable bonds is 5. The Morgan fingerprint density at radius 1 is 1.40 bits per heavy atom. The summed E-state index contributed by atoms with van der Waals surface area (Å²) in [6.45, 7) is 5.96. The van der Waals surface area contributed by atoms with Crippen molar-refractivity contribution in [2.75, 3.05) is 6.54 Å². The maximum absolute atomic E-state index is 12.7. The molecule has 1 rings (SSSR count). The second kappa shape index (κ2) is 5.71. The topological polar surface area (TPSA) is 74.7 Å². The van der Waals surface area contributed by atoms with Gasteiger partial charge in [-0.15, -0.1) is 0 Å². The van der Waals surface area contributed by atoms with Crippen LogP contribution in [-0.2, 0) is 14.8 Å². The third-order valence-electron chi connectivity index (χ3n) is 3.22. The Labute approximate surface area is 124 Å². The second-order valence-electron chi connectivity index (χ2n) is 4.90. The van der Waals surface area contributed by atoms with Crippen LogP contribution >= 0.6 is 11.6 Å². The minimum Gasteiger partial charge on any atom is -0.480 e. The summed E-state index contributed by atoms with van der Waals surface area (Å²) in [4.78, 5) is 11.3. The lowest BCUT2D eigenvalue weighted by molar-refractivity contribution is -0.146. The fourth-order valence-corrected chi connectivity index (χ4v) is 4.19. The molecule has 0 aliphatic rings. The summed E-state index contributed by atoms with van der Waals surface area (Å²) in [6, 6.07) is 4.55. The summed E-state index contributed by atoms with van der Waals surface area (Å²) >= 11 is 5.95. The average Bonchev–Trinajstić information content (AvgIpc) is 2.32. The predicted molar refractivity (Wildman–Crippen MR) is 77.5 cm³/mol. The molecule has 0 fully saturated rings. The first-order valence-electron chi connectivity index (χ1n) is 6.08. The van der Waals surface area contributed by atoms with Crippen LogP contribution in [0.2, 0.25) is 5.02 Å². The Morgan fingerprint density at radius 2 is 1.95 bits per heavy atom. The van der Waals surface area contributed by atoms with Gasteiger partial charge in [0.1, 0.15) is 5.54 Å². The Balaban J connectivity index is 3.48. The van der Waals surface area contributed by atoms with E-state index in [-0.39, 0.29) is 11.4 Å². The van der Waals surface area contributed by atoms with Gasteiger partial charge in [0.2, 0.25) is 10.0 Å². The van der Waals surface area contributed by atoms with E-state index in [9.17, 15) is 18.3 Å². The molecule has 0 aliphatic carbocycles. The van der Waals surface area contributed by atoms with Crippen LogP contribution in [0.15, 0.2) is 23.1 Å². The molecule has 0 unspecified atom stereocenters. The zero-order valence-corrected chi connectivity index (χ0v) is 13.4. The molecule has 5 nitrogen and oxygen atoms in total. The minimum atomic E-state index is -3.94. The number of halogens is 1. The molecule has 1 aromatic rings. The summed E-state index contributed by atoms with van der Waals surface area (Å²) in [5, 5.41) is 9.57. The monoisotopic (exact) mass is 319 g/mol. The standard InChI is InChI=1S/C13H18ClNO4S/c1-5-15(13(3,4)12(16)17)20(18,19)11-8-6-7-10(14)9(11)2/h6-8H,5H2,1-4H3,(H,16,17). The van der Waals surface area contributed by atoms with E-state index < -0.39 is 21.5 Å². The van der Waals surface area contributed by atoms with Crippen molar-refractivity contribution in [1.82, 2.24) is 4.31 Å². The van der Waals surface area contributed by atoms with Gasteiger partial charge in [-0.25, -0.2) is 8.42 Å².